The first-order chi connectivity index (χ1) is 20.4. The lowest BCUT2D eigenvalue weighted by Crippen LogP contribution is -2.49. The van der Waals surface area contributed by atoms with Crippen LogP contribution in [0.4, 0.5) is 5.69 Å². The molecule has 1 amide bonds. The fourth-order valence-electron chi connectivity index (χ4n) is 6.97. The first kappa shape index (κ1) is 25.7. The van der Waals surface area contributed by atoms with Crippen LogP contribution in [0.5, 0.6) is 5.75 Å². The van der Waals surface area contributed by atoms with Crippen molar-refractivity contribution < 1.29 is 23.9 Å². The van der Waals surface area contributed by atoms with Gasteiger partial charge in [-0.1, -0.05) is 72.8 Å². The van der Waals surface area contributed by atoms with E-state index >= 15 is 0 Å². The summed E-state index contributed by atoms with van der Waals surface area (Å²) >= 11 is 0. The molecule has 7 rings (SSSR count). The predicted molar refractivity (Wildman–Crippen MR) is 157 cm³/mol. The van der Waals surface area contributed by atoms with Gasteiger partial charge < -0.3 is 15.0 Å². The monoisotopic (exact) mass is 554 g/mol. The second-order valence-electron chi connectivity index (χ2n) is 10.8. The molecule has 3 aliphatic heterocycles. The summed E-state index contributed by atoms with van der Waals surface area (Å²) in [6.07, 6.45) is 3.77. The number of esters is 1. The Balaban J connectivity index is 1.48. The standard InChI is InChI=1S/C35H26N2O5/c1-21(38)42-25-17-15-24(16-18-25)32(40)30-29(31(39)23-10-3-2-4-11-23)35(27-13-7-8-14-28(27)36-34(35)41)33-26-12-6-5-9-22(26)19-20-37(30)33/h2-20,29-30,33H,1H3,(H,36,41)/t29-,30+,33-,35-/m1/s1. The molecule has 1 N–H and O–H groups in total. The number of carbonyl (C=O) groups excluding carboxylic acids is 4. The number of para-hydroxylation sites is 1. The van der Waals surface area contributed by atoms with E-state index in [0.29, 0.717) is 28.1 Å². The van der Waals surface area contributed by atoms with Crippen molar-refractivity contribution in [2.45, 2.75) is 24.4 Å². The number of ether oxygens (including phenoxy) is 1. The Morgan fingerprint density at radius 1 is 0.786 bits per heavy atom. The summed E-state index contributed by atoms with van der Waals surface area (Å²) in [6.45, 7) is 1.31. The van der Waals surface area contributed by atoms with Crippen molar-refractivity contribution >= 4 is 35.2 Å². The van der Waals surface area contributed by atoms with Gasteiger partial charge in [-0.15, -0.1) is 0 Å². The van der Waals surface area contributed by atoms with Gasteiger partial charge in [-0.3, -0.25) is 19.2 Å². The summed E-state index contributed by atoms with van der Waals surface area (Å²) in [6, 6.07) is 28.8. The van der Waals surface area contributed by atoms with Crippen molar-refractivity contribution in [1.29, 1.82) is 0 Å². The van der Waals surface area contributed by atoms with Crippen LogP contribution in [-0.2, 0) is 15.0 Å². The normalized spacial score (nSPS) is 23.1. The maximum absolute atomic E-state index is 14.7. The molecule has 7 heteroatoms. The summed E-state index contributed by atoms with van der Waals surface area (Å²) in [4.78, 5) is 57.1. The molecule has 0 saturated carbocycles. The molecule has 0 radical (unpaired) electrons. The number of nitrogens with one attached hydrogen (secondary N) is 1. The summed E-state index contributed by atoms with van der Waals surface area (Å²) in [5, 5.41) is 3.05. The van der Waals surface area contributed by atoms with E-state index in [2.05, 4.69) is 5.32 Å². The average molecular weight is 555 g/mol. The summed E-state index contributed by atoms with van der Waals surface area (Å²) in [5.41, 5.74) is 2.53. The Hall–Kier alpha value is -5.30. The van der Waals surface area contributed by atoms with Crippen molar-refractivity contribution in [3.05, 3.63) is 137 Å². The minimum Gasteiger partial charge on any atom is -0.427 e. The van der Waals surface area contributed by atoms with Crippen LogP contribution in [0.15, 0.2) is 109 Å². The molecule has 3 heterocycles. The zero-order valence-electron chi connectivity index (χ0n) is 22.7. The first-order valence-corrected chi connectivity index (χ1v) is 13.8. The zero-order chi connectivity index (χ0) is 29.0. The van der Waals surface area contributed by atoms with Gasteiger partial charge in [0.05, 0.1) is 12.0 Å². The quantitative estimate of drug-likeness (QED) is 0.196. The van der Waals surface area contributed by atoms with Gasteiger partial charge in [0, 0.05) is 29.9 Å². The highest BCUT2D eigenvalue weighted by Crippen LogP contribution is 2.62. The number of nitrogens with zero attached hydrogens (tertiary/aromatic N) is 1. The second-order valence-corrected chi connectivity index (χ2v) is 10.8. The Kier molecular flexibility index (Phi) is 5.90. The first-order valence-electron chi connectivity index (χ1n) is 13.8. The van der Waals surface area contributed by atoms with Crippen molar-refractivity contribution in [1.82, 2.24) is 4.90 Å². The highest BCUT2D eigenvalue weighted by Gasteiger charge is 2.70. The number of rotatable bonds is 5. The largest absolute Gasteiger partial charge is 0.427 e. The van der Waals surface area contributed by atoms with Crippen LogP contribution < -0.4 is 10.1 Å². The Morgan fingerprint density at radius 2 is 1.45 bits per heavy atom. The van der Waals surface area contributed by atoms with E-state index in [1.165, 1.54) is 6.92 Å². The lowest BCUT2D eigenvalue weighted by atomic mass is 9.62. The number of Topliss-reactive ketones (excluding diaryl/α,β-unsaturated/α-hetero) is 2. The van der Waals surface area contributed by atoms with Gasteiger partial charge in [-0.2, -0.15) is 0 Å². The van der Waals surface area contributed by atoms with E-state index in [0.717, 1.165) is 11.1 Å². The van der Waals surface area contributed by atoms with Crippen molar-refractivity contribution in [3.8, 4) is 5.75 Å². The van der Waals surface area contributed by atoms with Crippen LogP contribution in [0.1, 0.15) is 50.4 Å². The lowest BCUT2D eigenvalue weighted by Gasteiger charge is -2.38. The van der Waals surface area contributed by atoms with E-state index in [-0.39, 0.29) is 17.5 Å². The molecule has 1 spiro atoms. The van der Waals surface area contributed by atoms with Crippen LogP contribution in [0.25, 0.3) is 6.08 Å². The minimum atomic E-state index is -1.39. The molecule has 4 atom stereocenters. The van der Waals surface area contributed by atoms with Gasteiger partial charge in [0.15, 0.2) is 11.6 Å². The molecule has 1 saturated heterocycles. The molecule has 4 aromatic carbocycles. The van der Waals surface area contributed by atoms with Gasteiger partial charge in [-0.05, 0) is 53.1 Å². The number of anilines is 1. The average Bonchev–Trinajstić information content (AvgIpc) is 3.49. The molecule has 0 aromatic heterocycles. The third-order valence-corrected chi connectivity index (χ3v) is 8.58. The number of fused-ring (bicyclic) bond motifs is 6. The number of hydrogen-bond acceptors (Lipinski definition) is 6. The molecule has 3 aliphatic rings. The van der Waals surface area contributed by atoms with E-state index < -0.39 is 29.4 Å². The molecule has 0 bridgehead atoms. The van der Waals surface area contributed by atoms with Crippen LogP contribution >= 0.6 is 0 Å². The Morgan fingerprint density at radius 3 is 2.21 bits per heavy atom. The number of benzene rings is 4. The van der Waals surface area contributed by atoms with Crippen LogP contribution in [0.3, 0.4) is 0 Å². The molecule has 206 valence electrons. The van der Waals surface area contributed by atoms with Crippen LogP contribution in [-0.4, -0.2) is 34.4 Å². The van der Waals surface area contributed by atoms with E-state index in [4.69, 9.17) is 4.74 Å². The topological polar surface area (TPSA) is 92.8 Å². The van der Waals surface area contributed by atoms with Gasteiger partial charge in [-0.25, -0.2) is 0 Å². The van der Waals surface area contributed by atoms with Crippen LogP contribution in [0, 0.1) is 5.92 Å². The molecule has 0 aliphatic carbocycles. The number of carbonyl (C=O) groups is 4. The van der Waals surface area contributed by atoms with Crippen LogP contribution in [0.2, 0.25) is 0 Å². The number of hydrogen-bond donors (Lipinski definition) is 1. The van der Waals surface area contributed by atoms with Gasteiger partial charge in [0.25, 0.3) is 0 Å². The second kappa shape index (κ2) is 9.66. The molecular weight excluding hydrogens is 528 g/mol. The number of ketones is 2. The molecule has 42 heavy (non-hydrogen) atoms. The summed E-state index contributed by atoms with van der Waals surface area (Å²) in [5.74, 6) is -2.10. The zero-order valence-corrected chi connectivity index (χ0v) is 22.7. The molecular formula is C35H26N2O5. The molecule has 7 nitrogen and oxygen atoms in total. The Bertz CT molecular complexity index is 1800. The fraction of sp³-hybridized carbons (Fsp3) is 0.143. The SMILES string of the molecule is CC(=O)Oc1ccc(C(=O)[C@@H]2[C@H](C(=O)c3ccccc3)[C@@]3(C(=O)Nc4ccccc43)[C@H]3c4ccccc4C=CN23)cc1. The minimum absolute atomic E-state index is 0.280. The lowest BCUT2D eigenvalue weighted by molar-refractivity contribution is -0.131. The van der Waals surface area contributed by atoms with Crippen molar-refractivity contribution in [3.63, 3.8) is 0 Å². The van der Waals surface area contributed by atoms with E-state index in [9.17, 15) is 19.2 Å². The smallest absolute Gasteiger partial charge is 0.308 e. The fourth-order valence-corrected chi connectivity index (χ4v) is 6.97. The summed E-state index contributed by atoms with van der Waals surface area (Å²) < 4.78 is 5.17. The third-order valence-electron chi connectivity index (χ3n) is 8.58. The van der Waals surface area contributed by atoms with Gasteiger partial charge in [0.2, 0.25) is 5.91 Å². The molecule has 4 aromatic rings. The highest BCUT2D eigenvalue weighted by atomic mass is 16.5. The van der Waals surface area contributed by atoms with E-state index in [1.54, 1.807) is 48.5 Å². The van der Waals surface area contributed by atoms with Crippen molar-refractivity contribution in [2.75, 3.05) is 5.32 Å². The van der Waals surface area contributed by atoms with Crippen molar-refractivity contribution in [2.24, 2.45) is 5.92 Å². The maximum atomic E-state index is 14.7. The molecule has 0 unspecified atom stereocenters. The third kappa shape index (κ3) is 3.66. The van der Waals surface area contributed by atoms with E-state index in [1.807, 2.05) is 71.8 Å². The van der Waals surface area contributed by atoms with Gasteiger partial charge in [0.1, 0.15) is 17.2 Å². The molecule has 1 fully saturated rings. The number of amides is 1. The van der Waals surface area contributed by atoms with Gasteiger partial charge >= 0.3 is 5.97 Å². The maximum Gasteiger partial charge on any atom is 0.308 e. The highest BCUT2D eigenvalue weighted by molar-refractivity contribution is 6.16. The predicted octanol–water partition coefficient (Wildman–Crippen LogP) is 5.59. The Labute approximate surface area is 242 Å². The summed E-state index contributed by atoms with van der Waals surface area (Å²) in [7, 11) is 0.